The molecule has 2 N–H and O–H groups in total. The van der Waals surface area contributed by atoms with Crippen molar-refractivity contribution in [1.82, 2.24) is 9.88 Å². The first kappa shape index (κ1) is 15.6. The number of hydrogen-bond acceptors (Lipinski definition) is 4. The van der Waals surface area contributed by atoms with Crippen molar-refractivity contribution in [2.75, 3.05) is 36.8 Å². The van der Waals surface area contributed by atoms with Crippen molar-refractivity contribution in [3.63, 3.8) is 0 Å². The van der Waals surface area contributed by atoms with Gasteiger partial charge in [0.25, 0.3) is 0 Å². The minimum Gasteiger partial charge on any atom is -0.399 e. The van der Waals surface area contributed by atoms with Crippen LogP contribution in [0, 0.1) is 0 Å². The van der Waals surface area contributed by atoms with Crippen LogP contribution in [0.2, 0.25) is 0 Å². The van der Waals surface area contributed by atoms with Crippen LogP contribution in [0.5, 0.6) is 0 Å². The molecule has 21 heavy (non-hydrogen) atoms. The van der Waals surface area contributed by atoms with Gasteiger partial charge in [0.2, 0.25) is 0 Å². The normalized spacial score (nSPS) is 15.5. The van der Waals surface area contributed by atoms with E-state index < -0.39 is 0 Å². The third-order valence-electron chi connectivity index (χ3n) is 3.74. The van der Waals surface area contributed by atoms with Gasteiger partial charge in [0.05, 0.1) is 5.69 Å². The van der Waals surface area contributed by atoms with E-state index in [1.807, 2.05) is 30.5 Å². The van der Waals surface area contributed by atoms with Crippen molar-refractivity contribution in [3.05, 3.63) is 54.4 Å². The number of pyridine rings is 1. The first-order valence-electron chi connectivity index (χ1n) is 7.04. The highest BCUT2D eigenvalue weighted by Crippen LogP contribution is 2.18. The summed E-state index contributed by atoms with van der Waals surface area (Å²) >= 11 is 0. The minimum absolute atomic E-state index is 0. The minimum atomic E-state index is 0. The summed E-state index contributed by atoms with van der Waals surface area (Å²) in [6.07, 6.45) is 1.86. The third-order valence-corrected chi connectivity index (χ3v) is 3.74. The fourth-order valence-corrected chi connectivity index (χ4v) is 2.57. The van der Waals surface area contributed by atoms with Crippen LogP contribution < -0.4 is 10.6 Å². The van der Waals surface area contributed by atoms with Gasteiger partial charge in [0.15, 0.2) is 0 Å². The highest BCUT2D eigenvalue weighted by molar-refractivity contribution is 5.85. The summed E-state index contributed by atoms with van der Waals surface area (Å²) in [5.41, 5.74) is 8.96. The van der Waals surface area contributed by atoms with Gasteiger partial charge < -0.3 is 10.6 Å². The van der Waals surface area contributed by atoms with Crippen LogP contribution in [0.25, 0.3) is 0 Å². The molecule has 1 aromatic carbocycles. The molecule has 1 fully saturated rings. The van der Waals surface area contributed by atoms with Gasteiger partial charge in [0, 0.05) is 50.3 Å². The predicted octanol–water partition coefficient (Wildman–Crippen LogP) is 2.41. The maximum Gasteiger partial charge on any atom is 0.0543 e. The van der Waals surface area contributed by atoms with Crippen molar-refractivity contribution in [2.45, 2.75) is 6.54 Å². The van der Waals surface area contributed by atoms with Crippen LogP contribution >= 0.6 is 12.4 Å². The van der Waals surface area contributed by atoms with E-state index in [0.29, 0.717) is 0 Å². The monoisotopic (exact) mass is 304 g/mol. The second-order valence-corrected chi connectivity index (χ2v) is 5.18. The van der Waals surface area contributed by atoms with E-state index in [-0.39, 0.29) is 12.4 Å². The lowest BCUT2D eigenvalue weighted by Crippen LogP contribution is -2.46. The van der Waals surface area contributed by atoms with Gasteiger partial charge in [-0.15, -0.1) is 12.4 Å². The lowest BCUT2D eigenvalue weighted by Gasteiger charge is -2.36. The molecule has 0 unspecified atom stereocenters. The summed E-state index contributed by atoms with van der Waals surface area (Å²) in [5, 5.41) is 0. The van der Waals surface area contributed by atoms with Gasteiger partial charge in [-0.2, -0.15) is 0 Å². The zero-order chi connectivity index (χ0) is 13.8. The predicted molar refractivity (Wildman–Crippen MR) is 89.8 cm³/mol. The van der Waals surface area contributed by atoms with Crippen LogP contribution in [0.15, 0.2) is 48.7 Å². The average molecular weight is 305 g/mol. The Hall–Kier alpha value is -1.78. The molecule has 5 heteroatoms. The zero-order valence-corrected chi connectivity index (χ0v) is 12.8. The summed E-state index contributed by atoms with van der Waals surface area (Å²) in [6.45, 7) is 5.19. The molecule has 0 spiro atoms. The molecule has 1 saturated heterocycles. The largest absolute Gasteiger partial charge is 0.399 e. The van der Waals surface area contributed by atoms with Crippen molar-refractivity contribution >= 4 is 23.8 Å². The van der Waals surface area contributed by atoms with E-state index in [1.165, 1.54) is 5.69 Å². The number of nitrogens with two attached hydrogens (primary N) is 1. The van der Waals surface area contributed by atoms with Gasteiger partial charge in [0.1, 0.15) is 0 Å². The molecule has 3 rings (SSSR count). The summed E-state index contributed by atoms with van der Waals surface area (Å²) in [5.74, 6) is 0. The van der Waals surface area contributed by atoms with Crippen molar-refractivity contribution in [1.29, 1.82) is 0 Å². The quantitative estimate of drug-likeness (QED) is 0.885. The van der Waals surface area contributed by atoms with E-state index in [2.05, 4.69) is 33.0 Å². The van der Waals surface area contributed by atoms with E-state index in [0.717, 1.165) is 44.1 Å². The Kier molecular flexibility index (Phi) is 5.42. The first-order valence-corrected chi connectivity index (χ1v) is 7.04. The van der Waals surface area contributed by atoms with Crippen LogP contribution in [0.1, 0.15) is 5.69 Å². The number of piperazine rings is 1. The van der Waals surface area contributed by atoms with Crippen molar-refractivity contribution < 1.29 is 0 Å². The molecular formula is C16H21ClN4. The number of anilines is 2. The molecule has 0 saturated carbocycles. The van der Waals surface area contributed by atoms with E-state index in [9.17, 15) is 0 Å². The molecule has 0 bridgehead atoms. The van der Waals surface area contributed by atoms with Crippen LogP contribution in [-0.4, -0.2) is 36.1 Å². The van der Waals surface area contributed by atoms with Gasteiger partial charge in [-0.05, 0) is 36.4 Å². The molecule has 2 aromatic rings. The number of aromatic nitrogens is 1. The number of nitrogens with zero attached hydrogens (tertiary/aromatic N) is 3. The second-order valence-electron chi connectivity index (χ2n) is 5.18. The van der Waals surface area contributed by atoms with Gasteiger partial charge in [-0.3, -0.25) is 9.88 Å². The molecule has 1 aliphatic heterocycles. The highest BCUT2D eigenvalue weighted by Gasteiger charge is 2.17. The molecule has 1 aromatic heterocycles. The van der Waals surface area contributed by atoms with Crippen LogP contribution in [-0.2, 0) is 6.54 Å². The molecule has 112 valence electrons. The molecular weight excluding hydrogens is 284 g/mol. The molecule has 0 amide bonds. The number of hydrogen-bond donors (Lipinski definition) is 1. The molecule has 0 atom stereocenters. The Morgan fingerprint density at radius 2 is 1.67 bits per heavy atom. The number of nitrogen functional groups attached to an aromatic ring is 1. The smallest absolute Gasteiger partial charge is 0.0543 e. The Morgan fingerprint density at radius 1 is 0.952 bits per heavy atom. The first-order chi connectivity index (χ1) is 9.81. The fraction of sp³-hybridized carbons (Fsp3) is 0.312. The average Bonchev–Trinajstić information content (AvgIpc) is 2.50. The molecule has 0 radical (unpaired) electrons. The van der Waals surface area contributed by atoms with Gasteiger partial charge in [-0.25, -0.2) is 0 Å². The van der Waals surface area contributed by atoms with Crippen molar-refractivity contribution in [2.24, 2.45) is 0 Å². The summed E-state index contributed by atoms with van der Waals surface area (Å²) in [7, 11) is 0. The lowest BCUT2D eigenvalue weighted by atomic mass is 10.2. The third kappa shape index (κ3) is 4.09. The summed E-state index contributed by atoms with van der Waals surface area (Å²) < 4.78 is 0. The van der Waals surface area contributed by atoms with Crippen LogP contribution in [0.3, 0.4) is 0 Å². The van der Waals surface area contributed by atoms with Gasteiger partial charge >= 0.3 is 0 Å². The maximum atomic E-state index is 5.73. The van der Waals surface area contributed by atoms with E-state index >= 15 is 0 Å². The second kappa shape index (κ2) is 7.29. The highest BCUT2D eigenvalue weighted by atomic mass is 35.5. The van der Waals surface area contributed by atoms with Crippen molar-refractivity contribution in [3.8, 4) is 0 Å². The molecule has 0 aliphatic carbocycles. The number of benzene rings is 1. The Bertz CT molecular complexity index is 536. The Balaban J connectivity index is 0.00000161. The molecule has 1 aliphatic rings. The van der Waals surface area contributed by atoms with Crippen LogP contribution in [0.4, 0.5) is 11.4 Å². The zero-order valence-electron chi connectivity index (χ0n) is 12.0. The number of halogens is 1. The topological polar surface area (TPSA) is 45.4 Å². The maximum absolute atomic E-state index is 5.73. The summed E-state index contributed by atoms with van der Waals surface area (Å²) in [4.78, 5) is 9.26. The molecule has 4 nitrogen and oxygen atoms in total. The SMILES string of the molecule is Cl.Nc1ccc(N2CCN(Cc3ccccn3)CC2)cc1. The van der Waals surface area contributed by atoms with Gasteiger partial charge in [-0.1, -0.05) is 6.07 Å². The lowest BCUT2D eigenvalue weighted by molar-refractivity contribution is 0.247. The number of rotatable bonds is 3. The van der Waals surface area contributed by atoms with E-state index in [4.69, 9.17) is 5.73 Å². The summed E-state index contributed by atoms with van der Waals surface area (Å²) in [6, 6.07) is 14.2. The fourth-order valence-electron chi connectivity index (χ4n) is 2.57. The Labute approximate surface area is 132 Å². The Morgan fingerprint density at radius 3 is 2.29 bits per heavy atom. The molecule has 2 heterocycles. The standard InChI is InChI=1S/C16H20N4.ClH/c17-14-4-6-16(7-5-14)20-11-9-19(10-12-20)13-15-3-1-2-8-18-15;/h1-8H,9-13,17H2;1H. The van der Waals surface area contributed by atoms with E-state index in [1.54, 1.807) is 0 Å².